The molecule has 0 heterocycles. The summed E-state index contributed by atoms with van der Waals surface area (Å²) in [6.07, 6.45) is 1.89. The fourth-order valence-corrected chi connectivity index (χ4v) is 0. The fourth-order valence-electron chi connectivity index (χ4n) is 0. The van der Waals surface area contributed by atoms with Gasteiger partial charge in [0, 0.05) is 33.7 Å². The van der Waals surface area contributed by atoms with Gasteiger partial charge in [-0.05, 0) is 6.08 Å². The molecule has 58 valence electrons. The van der Waals surface area contributed by atoms with Crippen LogP contribution in [0.2, 0.25) is 0 Å². The molecular weight excluding hydrogens is 335 g/mol. The van der Waals surface area contributed by atoms with E-state index < -0.39 is 11.9 Å². The topological polar surface area (TPSA) is 80.4 Å². The van der Waals surface area contributed by atoms with Crippen molar-refractivity contribution in [3.8, 4) is 0 Å². The standard InChI is InChI=1S/C3H5NO.C3H4O2.Hg/c2*1-2-3(4)5;/h2H,1H2,(H2,4,5);2H,1H2,(H,4,5);. The number of carbonyl (C=O) groups excluding carboxylic acids is 1. The Bertz CT molecular complexity index is 138. The predicted octanol–water partition coefficient (Wildman–Crippen LogP) is -0.0878. The zero-order valence-corrected chi connectivity index (χ0v) is 11.6. The molecule has 0 spiro atoms. The van der Waals surface area contributed by atoms with Crippen molar-refractivity contribution in [1.29, 1.82) is 0 Å². The van der Waals surface area contributed by atoms with Crippen LogP contribution in [-0.2, 0) is 37.3 Å². The molecule has 0 unspecified atom stereocenters. The molecule has 1 amide bonds. The van der Waals surface area contributed by atoms with Gasteiger partial charge in [0.2, 0.25) is 5.91 Å². The molecule has 5 heteroatoms. The van der Waals surface area contributed by atoms with Crippen LogP contribution in [0.1, 0.15) is 0 Å². The van der Waals surface area contributed by atoms with Crippen molar-refractivity contribution in [3.05, 3.63) is 25.3 Å². The van der Waals surface area contributed by atoms with Crippen molar-refractivity contribution < 1.29 is 42.4 Å². The average molecular weight is 344 g/mol. The normalized spacial score (nSPS) is 5.82. The number of hydrogen-bond acceptors (Lipinski definition) is 2. The van der Waals surface area contributed by atoms with E-state index in [9.17, 15) is 9.59 Å². The van der Waals surface area contributed by atoms with E-state index in [1.54, 1.807) is 0 Å². The Kier molecular flexibility index (Phi) is 18.4. The maximum absolute atomic E-state index is 9.47. The Balaban J connectivity index is -0.000000107. The molecule has 11 heavy (non-hydrogen) atoms. The smallest absolute Gasteiger partial charge is 0.327 e. The molecule has 0 aromatic rings. The van der Waals surface area contributed by atoms with Crippen molar-refractivity contribution in [1.82, 2.24) is 0 Å². The second-order valence-corrected chi connectivity index (χ2v) is 1.15. The molecule has 0 radical (unpaired) electrons. The summed E-state index contributed by atoms with van der Waals surface area (Å²) in [5.74, 6) is -1.46. The zero-order chi connectivity index (χ0) is 8.57. The number of carbonyl (C=O) groups is 2. The second kappa shape index (κ2) is 12.1. The molecule has 4 nitrogen and oxygen atoms in total. The predicted molar refractivity (Wildman–Crippen MR) is 37.2 cm³/mol. The van der Waals surface area contributed by atoms with Crippen molar-refractivity contribution in [2.45, 2.75) is 0 Å². The summed E-state index contributed by atoms with van der Waals surface area (Å²) in [5, 5.41) is 7.60. The number of rotatable bonds is 2. The van der Waals surface area contributed by atoms with E-state index in [0.29, 0.717) is 0 Å². The van der Waals surface area contributed by atoms with Crippen LogP contribution in [0.25, 0.3) is 0 Å². The minimum Gasteiger partial charge on any atom is -0.478 e. The molecule has 3 N–H and O–H groups in total. The van der Waals surface area contributed by atoms with Gasteiger partial charge in [0.05, 0.1) is 0 Å². The van der Waals surface area contributed by atoms with Gasteiger partial charge >= 0.3 is 5.97 Å². The SMILES string of the molecule is C=CC(=O)O.C=CC(N)=O.[Hg]. The van der Waals surface area contributed by atoms with E-state index in [1.165, 1.54) is 0 Å². The summed E-state index contributed by atoms with van der Waals surface area (Å²) in [5.41, 5.74) is 4.53. The number of nitrogens with two attached hydrogens (primary N) is 1. The number of carboxylic acid groups (broad SMARTS) is 1. The van der Waals surface area contributed by atoms with Crippen LogP contribution in [-0.4, -0.2) is 17.0 Å². The van der Waals surface area contributed by atoms with Gasteiger partial charge in [-0.3, -0.25) is 4.79 Å². The maximum Gasteiger partial charge on any atom is 0.327 e. The molecule has 0 fully saturated rings. The van der Waals surface area contributed by atoms with Gasteiger partial charge in [-0.25, -0.2) is 4.79 Å². The number of hydrogen-bond donors (Lipinski definition) is 2. The first-order chi connectivity index (χ1) is 4.54. The molecule has 0 bridgehead atoms. The van der Waals surface area contributed by atoms with Gasteiger partial charge in [-0.15, -0.1) is 0 Å². The van der Waals surface area contributed by atoms with E-state index in [-0.39, 0.29) is 27.7 Å². The molecule has 0 aliphatic rings. The fraction of sp³-hybridized carbons (Fsp3) is 0. The first-order valence-electron chi connectivity index (χ1n) is 2.31. The maximum atomic E-state index is 9.47. The van der Waals surface area contributed by atoms with Crippen molar-refractivity contribution in [2.75, 3.05) is 0 Å². The molecule has 0 aromatic heterocycles. The number of primary amides is 1. The van der Waals surface area contributed by atoms with Gasteiger partial charge in [0.1, 0.15) is 0 Å². The summed E-state index contributed by atoms with van der Waals surface area (Å²) in [6.45, 7) is 6.05. The minimum absolute atomic E-state index is 0. The van der Waals surface area contributed by atoms with Crippen molar-refractivity contribution in [3.63, 3.8) is 0 Å². The molecular formula is C6H9HgNO3. The summed E-state index contributed by atoms with van der Waals surface area (Å²) < 4.78 is 0. The van der Waals surface area contributed by atoms with Gasteiger partial charge in [0.25, 0.3) is 0 Å². The molecule has 0 saturated carbocycles. The van der Waals surface area contributed by atoms with Crippen molar-refractivity contribution in [2.24, 2.45) is 5.73 Å². The van der Waals surface area contributed by atoms with E-state index in [0.717, 1.165) is 12.2 Å². The molecule has 0 atom stereocenters. The largest absolute Gasteiger partial charge is 0.478 e. The average Bonchev–Trinajstić information content (AvgIpc) is 1.89. The Morgan fingerprint density at radius 1 is 1.27 bits per heavy atom. The number of amides is 1. The van der Waals surface area contributed by atoms with Crippen LogP contribution in [0.3, 0.4) is 0 Å². The van der Waals surface area contributed by atoms with Gasteiger partial charge in [0.15, 0.2) is 0 Å². The van der Waals surface area contributed by atoms with Crippen LogP contribution in [0, 0.1) is 0 Å². The Hall–Kier alpha value is -0.645. The second-order valence-electron chi connectivity index (χ2n) is 1.15. The van der Waals surface area contributed by atoms with Crippen LogP contribution in [0.5, 0.6) is 0 Å². The summed E-state index contributed by atoms with van der Waals surface area (Å²) in [7, 11) is 0. The molecule has 0 aromatic carbocycles. The van der Waals surface area contributed by atoms with E-state index >= 15 is 0 Å². The molecule has 0 rings (SSSR count). The third-order valence-electron chi connectivity index (χ3n) is 0.376. The quantitative estimate of drug-likeness (QED) is 0.543. The zero-order valence-electron chi connectivity index (χ0n) is 6.12. The van der Waals surface area contributed by atoms with Crippen LogP contribution in [0.15, 0.2) is 25.3 Å². The van der Waals surface area contributed by atoms with Gasteiger partial charge in [-0.1, -0.05) is 13.2 Å². The Morgan fingerprint density at radius 2 is 1.45 bits per heavy atom. The summed E-state index contributed by atoms with van der Waals surface area (Å²) >= 11 is 0. The monoisotopic (exact) mass is 345 g/mol. The van der Waals surface area contributed by atoms with E-state index in [2.05, 4.69) is 18.9 Å². The van der Waals surface area contributed by atoms with Crippen LogP contribution in [0.4, 0.5) is 0 Å². The first-order valence-corrected chi connectivity index (χ1v) is 2.31. The first kappa shape index (κ1) is 16.8. The van der Waals surface area contributed by atoms with Crippen LogP contribution < -0.4 is 5.73 Å². The summed E-state index contributed by atoms with van der Waals surface area (Å²) in [6, 6.07) is 0. The third-order valence-corrected chi connectivity index (χ3v) is 0.376. The molecule has 0 aliphatic heterocycles. The minimum atomic E-state index is -0.981. The van der Waals surface area contributed by atoms with E-state index in [1.807, 2.05) is 0 Å². The van der Waals surface area contributed by atoms with Crippen molar-refractivity contribution >= 4 is 11.9 Å². The van der Waals surface area contributed by atoms with Gasteiger partial charge < -0.3 is 10.8 Å². The Morgan fingerprint density at radius 3 is 1.45 bits per heavy atom. The molecule has 0 aliphatic carbocycles. The summed E-state index contributed by atoms with van der Waals surface area (Å²) in [4.78, 5) is 18.7. The number of aliphatic carboxylic acids is 1. The third kappa shape index (κ3) is 45.0. The number of carboxylic acids is 1. The van der Waals surface area contributed by atoms with E-state index in [4.69, 9.17) is 5.11 Å². The van der Waals surface area contributed by atoms with Gasteiger partial charge in [-0.2, -0.15) is 0 Å². The molecule has 0 saturated heterocycles. The Labute approximate surface area is 85.3 Å². The van der Waals surface area contributed by atoms with Crippen LogP contribution >= 0.6 is 0 Å².